The van der Waals surface area contributed by atoms with E-state index >= 15 is 0 Å². The molecule has 1 amide bonds. The van der Waals surface area contributed by atoms with Gasteiger partial charge in [-0.25, -0.2) is 4.98 Å². The first kappa shape index (κ1) is 21.2. The summed E-state index contributed by atoms with van der Waals surface area (Å²) in [5.41, 5.74) is 4.30. The number of carbonyl (C=O) groups is 1. The molecule has 1 N–H and O–H groups in total. The molecule has 0 saturated carbocycles. The molecule has 0 fully saturated rings. The maximum absolute atomic E-state index is 12.8. The van der Waals surface area contributed by atoms with E-state index in [4.69, 9.17) is 9.72 Å². The average Bonchev–Trinajstić information content (AvgIpc) is 3.04. The molecule has 3 aromatic carbocycles. The number of imidazole rings is 1. The minimum atomic E-state index is -0.123. The highest BCUT2D eigenvalue weighted by Crippen LogP contribution is 2.30. The van der Waals surface area contributed by atoms with E-state index in [0.717, 1.165) is 33.7 Å². The summed E-state index contributed by atoms with van der Waals surface area (Å²) in [5, 5.41) is 3.07. The van der Waals surface area contributed by atoms with Crippen molar-refractivity contribution < 1.29 is 9.53 Å². The summed E-state index contributed by atoms with van der Waals surface area (Å²) in [7, 11) is 2.02. The van der Waals surface area contributed by atoms with Crippen molar-refractivity contribution >= 4 is 16.9 Å². The SMILES string of the molecule is Cn1c(CCNC(=O)CN2Cc3ccccc3OC(c3ccccc3)C2)nc2ccccc21. The standard InChI is InChI=1S/C27H28N4O2/c1-30-23-13-7-6-12-22(23)29-26(30)15-16-28-27(32)19-31-17-21-11-5-8-14-24(21)33-25(18-31)20-9-3-2-4-10-20/h2-14,25H,15-19H2,1H3,(H,28,32). The summed E-state index contributed by atoms with van der Waals surface area (Å²) in [6, 6.07) is 26.4. The van der Waals surface area contributed by atoms with Gasteiger partial charge < -0.3 is 14.6 Å². The number of nitrogens with zero attached hydrogens (tertiary/aromatic N) is 3. The first-order chi connectivity index (χ1) is 16.2. The Balaban J connectivity index is 1.23. The molecule has 4 aromatic rings. The molecule has 1 unspecified atom stereocenters. The molecule has 0 spiro atoms. The number of fused-ring (bicyclic) bond motifs is 2. The fourth-order valence-corrected chi connectivity index (χ4v) is 4.43. The largest absolute Gasteiger partial charge is 0.484 e. The van der Waals surface area contributed by atoms with Crippen LogP contribution in [0.15, 0.2) is 78.9 Å². The van der Waals surface area contributed by atoms with E-state index in [0.29, 0.717) is 32.6 Å². The third-order valence-electron chi connectivity index (χ3n) is 6.15. The third kappa shape index (κ3) is 4.76. The second kappa shape index (κ2) is 9.46. The Morgan fingerprint density at radius 1 is 1.03 bits per heavy atom. The molecule has 5 rings (SSSR count). The zero-order valence-electron chi connectivity index (χ0n) is 18.8. The van der Waals surface area contributed by atoms with E-state index in [9.17, 15) is 4.79 Å². The van der Waals surface area contributed by atoms with Crippen LogP contribution in [0.25, 0.3) is 11.0 Å². The van der Waals surface area contributed by atoms with Crippen LogP contribution < -0.4 is 10.1 Å². The Morgan fingerprint density at radius 3 is 2.64 bits per heavy atom. The molecular weight excluding hydrogens is 412 g/mol. The van der Waals surface area contributed by atoms with E-state index in [1.165, 1.54) is 0 Å². The Morgan fingerprint density at radius 2 is 1.79 bits per heavy atom. The van der Waals surface area contributed by atoms with Gasteiger partial charge in [0.1, 0.15) is 17.7 Å². The van der Waals surface area contributed by atoms with E-state index in [-0.39, 0.29) is 12.0 Å². The molecule has 6 heteroatoms. The molecule has 1 atom stereocenters. The number of aromatic nitrogens is 2. The monoisotopic (exact) mass is 440 g/mol. The lowest BCUT2D eigenvalue weighted by atomic mass is 10.1. The Labute approximate surface area is 193 Å². The lowest BCUT2D eigenvalue weighted by molar-refractivity contribution is -0.122. The molecule has 0 aliphatic carbocycles. The maximum atomic E-state index is 12.8. The van der Waals surface area contributed by atoms with Crippen molar-refractivity contribution in [3.05, 3.63) is 95.8 Å². The number of amides is 1. The molecule has 2 heterocycles. The van der Waals surface area contributed by atoms with Crippen molar-refractivity contribution in [1.82, 2.24) is 19.8 Å². The normalized spacial score (nSPS) is 16.1. The van der Waals surface area contributed by atoms with Gasteiger partial charge in [-0.2, -0.15) is 0 Å². The van der Waals surface area contributed by atoms with Gasteiger partial charge >= 0.3 is 0 Å². The van der Waals surface area contributed by atoms with E-state index in [2.05, 4.69) is 39.0 Å². The number of benzene rings is 3. The number of aryl methyl sites for hydroxylation is 1. The van der Waals surface area contributed by atoms with Crippen LogP contribution in [0, 0.1) is 0 Å². The minimum Gasteiger partial charge on any atom is -0.484 e. The van der Waals surface area contributed by atoms with Crippen LogP contribution in [0.4, 0.5) is 0 Å². The van der Waals surface area contributed by atoms with Crippen LogP contribution in [0.2, 0.25) is 0 Å². The van der Waals surface area contributed by atoms with Crippen LogP contribution in [0.3, 0.4) is 0 Å². The summed E-state index contributed by atoms with van der Waals surface area (Å²) in [6.45, 7) is 2.21. The van der Waals surface area contributed by atoms with Crippen molar-refractivity contribution in [2.45, 2.75) is 19.1 Å². The zero-order chi connectivity index (χ0) is 22.6. The summed E-state index contributed by atoms with van der Waals surface area (Å²) >= 11 is 0. The van der Waals surface area contributed by atoms with Gasteiger partial charge in [0.15, 0.2) is 0 Å². The van der Waals surface area contributed by atoms with Gasteiger partial charge in [0, 0.05) is 38.7 Å². The number of hydrogen-bond donors (Lipinski definition) is 1. The predicted octanol–water partition coefficient (Wildman–Crippen LogP) is 3.87. The highest BCUT2D eigenvalue weighted by atomic mass is 16.5. The molecule has 33 heavy (non-hydrogen) atoms. The van der Waals surface area contributed by atoms with Crippen molar-refractivity contribution in [3.8, 4) is 5.75 Å². The van der Waals surface area contributed by atoms with E-state index in [1.807, 2.05) is 61.6 Å². The topological polar surface area (TPSA) is 59.4 Å². The molecule has 1 aromatic heterocycles. The van der Waals surface area contributed by atoms with Gasteiger partial charge in [0.2, 0.25) is 5.91 Å². The van der Waals surface area contributed by atoms with Crippen molar-refractivity contribution in [3.63, 3.8) is 0 Å². The van der Waals surface area contributed by atoms with Gasteiger partial charge in [0.05, 0.1) is 17.6 Å². The van der Waals surface area contributed by atoms with Gasteiger partial charge in [0.25, 0.3) is 0 Å². The predicted molar refractivity (Wildman–Crippen MR) is 129 cm³/mol. The molecule has 1 aliphatic heterocycles. The lowest BCUT2D eigenvalue weighted by Gasteiger charge is -2.23. The summed E-state index contributed by atoms with van der Waals surface area (Å²) < 4.78 is 8.44. The molecular formula is C27H28N4O2. The summed E-state index contributed by atoms with van der Waals surface area (Å²) in [6.07, 6.45) is 0.567. The highest BCUT2D eigenvalue weighted by Gasteiger charge is 2.25. The first-order valence-corrected chi connectivity index (χ1v) is 11.4. The Bertz CT molecular complexity index is 1250. The fourth-order valence-electron chi connectivity index (χ4n) is 4.43. The second-order valence-corrected chi connectivity index (χ2v) is 8.47. The van der Waals surface area contributed by atoms with Gasteiger partial charge in [-0.05, 0) is 23.8 Å². The third-order valence-corrected chi connectivity index (χ3v) is 6.15. The number of para-hydroxylation sites is 3. The Kier molecular flexibility index (Phi) is 6.09. The Hall–Kier alpha value is -3.64. The van der Waals surface area contributed by atoms with Gasteiger partial charge in [-0.1, -0.05) is 60.7 Å². The minimum absolute atomic E-state index is 0.0138. The van der Waals surface area contributed by atoms with Gasteiger partial charge in [-0.15, -0.1) is 0 Å². The number of hydrogen-bond acceptors (Lipinski definition) is 4. The molecule has 0 radical (unpaired) electrons. The number of rotatable bonds is 6. The van der Waals surface area contributed by atoms with E-state index in [1.54, 1.807) is 0 Å². The maximum Gasteiger partial charge on any atom is 0.234 e. The second-order valence-electron chi connectivity index (χ2n) is 8.47. The van der Waals surface area contributed by atoms with Crippen LogP contribution in [0.5, 0.6) is 5.75 Å². The van der Waals surface area contributed by atoms with Crippen LogP contribution in [-0.4, -0.2) is 40.0 Å². The number of carbonyl (C=O) groups excluding carboxylic acids is 1. The quantitative estimate of drug-likeness (QED) is 0.495. The van der Waals surface area contributed by atoms with E-state index < -0.39 is 0 Å². The molecule has 168 valence electrons. The first-order valence-electron chi connectivity index (χ1n) is 11.4. The summed E-state index contributed by atoms with van der Waals surface area (Å²) in [5.74, 6) is 1.87. The molecule has 0 saturated heterocycles. The fraction of sp³-hybridized carbons (Fsp3) is 0.259. The lowest BCUT2D eigenvalue weighted by Crippen LogP contribution is -2.39. The average molecular weight is 441 g/mol. The molecule has 1 aliphatic rings. The van der Waals surface area contributed by atoms with Crippen molar-refractivity contribution in [2.75, 3.05) is 19.6 Å². The number of nitrogens with one attached hydrogen (secondary N) is 1. The zero-order valence-corrected chi connectivity index (χ0v) is 18.8. The molecule has 0 bridgehead atoms. The summed E-state index contributed by atoms with van der Waals surface area (Å²) in [4.78, 5) is 19.7. The van der Waals surface area contributed by atoms with Gasteiger partial charge in [-0.3, -0.25) is 9.69 Å². The highest BCUT2D eigenvalue weighted by molar-refractivity contribution is 5.78. The van der Waals surface area contributed by atoms with Crippen LogP contribution >= 0.6 is 0 Å². The van der Waals surface area contributed by atoms with Crippen LogP contribution in [0.1, 0.15) is 23.1 Å². The van der Waals surface area contributed by atoms with Crippen molar-refractivity contribution in [2.24, 2.45) is 7.05 Å². The smallest absolute Gasteiger partial charge is 0.234 e. The van der Waals surface area contributed by atoms with Crippen molar-refractivity contribution in [1.29, 1.82) is 0 Å². The number of ether oxygens (including phenoxy) is 1. The molecule has 6 nitrogen and oxygen atoms in total. The van der Waals surface area contributed by atoms with Crippen LogP contribution in [-0.2, 0) is 24.8 Å².